The highest BCUT2D eigenvalue weighted by molar-refractivity contribution is 5.53. The third-order valence-electron chi connectivity index (χ3n) is 3.63. The van der Waals surface area contributed by atoms with Crippen LogP contribution >= 0.6 is 0 Å². The first kappa shape index (κ1) is 14.1. The van der Waals surface area contributed by atoms with E-state index in [4.69, 9.17) is 9.26 Å². The van der Waals surface area contributed by atoms with E-state index in [1.54, 1.807) is 0 Å². The number of nitrogens with zero attached hydrogens (tertiary/aromatic N) is 2. The first-order valence-electron chi connectivity index (χ1n) is 7.36. The second kappa shape index (κ2) is 6.74. The van der Waals surface area contributed by atoms with Gasteiger partial charge in [0.1, 0.15) is 0 Å². The molecule has 1 fully saturated rings. The summed E-state index contributed by atoms with van der Waals surface area (Å²) in [6.45, 7) is 6.96. The monoisotopic (exact) mass is 287 g/mol. The highest BCUT2D eigenvalue weighted by Crippen LogP contribution is 2.21. The SMILES string of the molecule is Cc1cc(CNCc2ccccc2N2CCOCC2)on1. The van der Waals surface area contributed by atoms with E-state index in [0.29, 0.717) is 6.54 Å². The number of rotatable bonds is 5. The molecule has 3 rings (SSSR count). The minimum atomic E-state index is 0.693. The van der Waals surface area contributed by atoms with Gasteiger partial charge in [-0.1, -0.05) is 23.4 Å². The van der Waals surface area contributed by atoms with Crippen LogP contribution in [0.15, 0.2) is 34.9 Å². The largest absolute Gasteiger partial charge is 0.378 e. The average Bonchev–Trinajstić information content (AvgIpc) is 2.94. The van der Waals surface area contributed by atoms with Crippen LogP contribution in [0.25, 0.3) is 0 Å². The van der Waals surface area contributed by atoms with E-state index in [1.807, 2.05) is 13.0 Å². The summed E-state index contributed by atoms with van der Waals surface area (Å²) in [5, 5.41) is 7.32. The molecule has 0 radical (unpaired) electrons. The summed E-state index contributed by atoms with van der Waals surface area (Å²) in [5.74, 6) is 0.872. The Bertz CT molecular complexity index is 576. The number of hydrogen-bond donors (Lipinski definition) is 1. The molecule has 2 aromatic rings. The molecule has 2 heterocycles. The molecular formula is C16H21N3O2. The maximum absolute atomic E-state index is 5.43. The van der Waals surface area contributed by atoms with Gasteiger partial charge in [-0.05, 0) is 18.6 Å². The fraction of sp³-hybridized carbons (Fsp3) is 0.438. The van der Waals surface area contributed by atoms with E-state index in [-0.39, 0.29) is 0 Å². The molecule has 1 saturated heterocycles. The van der Waals surface area contributed by atoms with Crippen molar-refractivity contribution >= 4 is 5.69 Å². The first-order valence-corrected chi connectivity index (χ1v) is 7.36. The van der Waals surface area contributed by atoms with Crippen LogP contribution in [-0.2, 0) is 17.8 Å². The van der Waals surface area contributed by atoms with Gasteiger partial charge >= 0.3 is 0 Å². The number of morpholine rings is 1. The Balaban J connectivity index is 1.62. The zero-order valence-electron chi connectivity index (χ0n) is 12.3. The number of aromatic nitrogens is 1. The van der Waals surface area contributed by atoms with Gasteiger partial charge in [0.15, 0.2) is 5.76 Å². The van der Waals surface area contributed by atoms with Crippen LogP contribution in [-0.4, -0.2) is 31.5 Å². The lowest BCUT2D eigenvalue weighted by Crippen LogP contribution is -2.37. The smallest absolute Gasteiger partial charge is 0.150 e. The zero-order valence-corrected chi connectivity index (χ0v) is 12.3. The third-order valence-corrected chi connectivity index (χ3v) is 3.63. The van der Waals surface area contributed by atoms with Crippen LogP contribution in [0.4, 0.5) is 5.69 Å². The molecule has 1 N–H and O–H groups in total. The van der Waals surface area contributed by atoms with Gasteiger partial charge in [-0.3, -0.25) is 0 Å². The molecule has 5 nitrogen and oxygen atoms in total. The molecule has 1 aromatic heterocycles. The number of hydrogen-bond acceptors (Lipinski definition) is 5. The van der Waals surface area contributed by atoms with E-state index in [9.17, 15) is 0 Å². The molecule has 0 spiro atoms. The molecule has 0 bridgehead atoms. The van der Waals surface area contributed by atoms with Gasteiger partial charge in [-0.15, -0.1) is 0 Å². The van der Waals surface area contributed by atoms with Crippen molar-refractivity contribution in [2.24, 2.45) is 0 Å². The van der Waals surface area contributed by atoms with E-state index >= 15 is 0 Å². The minimum absolute atomic E-state index is 0.693. The number of anilines is 1. The van der Waals surface area contributed by atoms with Crippen LogP contribution in [0, 0.1) is 6.92 Å². The molecule has 1 aromatic carbocycles. The van der Waals surface area contributed by atoms with Gasteiger partial charge in [-0.2, -0.15) is 0 Å². The summed E-state index contributed by atoms with van der Waals surface area (Å²) >= 11 is 0. The fourth-order valence-electron chi connectivity index (χ4n) is 2.59. The topological polar surface area (TPSA) is 50.5 Å². The van der Waals surface area contributed by atoms with Crippen molar-refractivity contribution in [1.82, 2.24) is 10.5 Å². The summed E-state index contributed by atoms with van der Waals surface area (Å²) in [6.07, 6.45) is 0. The van der Waals surface area contributed by atoms with Crippen molar-refractivity contribution in [3.05, 3.63) is 47.3 Å². The second-order valence-corrected chi connectivity index (χ2v) is 5.27. The molecule has 0 atom stereocenters. The fourth-order valence-corrected chi connectivity index (χ4v) is 2.59. The molecule has 5 heteroatoms. The van der Waals surface area contributed by atoms with Crippen molar-refractivity contribution in [2.75, 3.05) is 31.2 Å². The predicted octanol–water partition coefficient (Wildman–Crippen LogP) is 2.11. The Morgan fingerprint density at radius 1 is 1.19 bits per heavy atom. The van der Waals surface area contributed by atoms with Gasteiger partial charge in [0.2, 0.25) is 0 Å². The number of nitrogens with one attached hydrogen (secondary N) is 1. The molecular weight excluding hydrogens is 266 g/mol. The number of benzene rings is 1. The molecule has 0 unspecified atom stereocenters. The number of aryl methyl sites for hydroxylation is 1. The van der Waals surface area contributed by atoms with E-state index in [1.165, 1.54) is 11.3 Å². The molecule has 1 aliphatic rings. The normalized spacial score (nSPS) is 15.4. The van der Waals surface area contributed by atoms with Crippen LogP contribution in [0.2, 0.25) is 0 Å². The first-order chi connectivity index (χ1) is 10.3. The van der Waals surface area contributed by atoms with E-state index in [0.717, 1.165) is 44.3 Å². The van der Waals surface area contributed by atoms with Crippen molar-refractivity contribution < 1.29 is 9.26 Å². The lowest BCUT2D eigenvalue weighted by molar-refractivity contribution is 0.122. The van der Waals surface area contributed by atoms with Crippen LogP contribution in [0.1, 0.15) is 17.0 Å². The van der Waals surface area contributed by atoms with E-state index < -0.39 is 0 Å². The molecule has 0 amide bonds. The average molecular weight is 287 g/mol. The van der Waals surface area contributed by atoms with Gasteiger partial charge in [0, 0.05) is 31.4 Å². The van der Waals surface area contributed by atoms with Crippen molar-refractivity contribution in [2.45, 2.75) is 20.0 Å². The summed E-state index contributed by atoms with van der Waals surface area (Å²) in [5.41, 5.74) is 3.51. The third kappa shape index (κ3) is 3.62. The van der Waals surface area contributed by atoms with Gasteiger partial charge < -0.3 is 19.5 Å². The molecule has 0 saturated carbocycles. The molecule has 0 aliphatic carbocycles. The maximum Gasteiger partial charge on any atom is 0.150 e. The quantitative estimate of drug-likeness (QED) is 0.913. The van der Waals surface area contributed by atoms with Crippen LogP contribution < -0.4 is 10.2 Å². The van der Waals surface area contributed by atoms with Crippen molar-refractivity contribution in [3.63, 3.8) is 0 Å². The summed E-state index contributed by atoms with van der Waals surface area (Å²) in [7, 11) is 0. The van der Waals surface area contributed by atoms with Gasteiger partial charge in [0.25, 0.3) is 0 Å². The molecule has 1 aliphatic heterocycles. The number of ether oxygens (including phenoxy) is 1. The van der Waals surface area contributed by atoms with Crippen LogP contribution in [0.3, 0.4) is 0 Å². The summed E-state index contributed by atoms with van der Waals surface area (Å²) in [4.78, 5) is 2.39. The Morgan fingerprint density at radius 2 is 2.00 bits per heavy atom. The Morgan fingerprint density at radius 3 is 2.76 bits per heavy atom. The molecule has 112 valence electrons. The summed E-state index contributed by atoms with van der Waals surface area (Å²) < 4.78 is 10.6. The maximum atomic E-state index is 5.43. The van der Waals surface area contributed by atoms with Gasteiger partial charge in [-0.25, -0.2) is 0 Å². The summed E-state index contributed by atoms with van der Waals surface area (Å²) in [6, 6.07) is 10.5. The number of para-hydroxylation sites is 1. The zero-order chi connectivity index (χ0) is 14.5. The minimum Gasteiger partial charge on any atom is -0.378 e. The Labute approximate surface area is 124 Å². The van der Waals surface area contributed by atoms with Crippen molar-refractivity contribution in [3.8, 4) is 0 Å². The second-order valence-electron chi connectivity index (χ2n) is 5.27. The van der Waals surface area contributed by atoms with Crippen molar-refractivity contribution in [1.29, 1.82) is 0 Å². The Hall–Kier alpha value is -1.85. The lowest BCUT2D eigenvalue weighted by Gasteiger charge is -2.30. The highest BCUT2D eigenvalue weighted by atomic mass is 16.5. The van der Waals surface area contributed by atoms with Crippen LogP contribution in [0.5, 0.6) is 0 Å². The highest BCUT2D eigenvalue weighted by Gasteiger charge is 2.14. The van der Waals surface area contributed by atoms with Gasteiger partial charge in [0.05, 0.1) is 25.5 Å². The lowest BCUT2D eigenvalue weighted by atomic mass is 10.1. The molecule has 21 heavy (non-hydrogen) atoms. The van der Waals surface area contributed by atoms with E-state index in [2.05, 4.69) is 39.6 Å². The predicted molar refractivity (Wildman–Crippen MR) is 81.3 cm³/mol. The standard InChI is InChI=1S/C16H21N3O2/c1-13-10-15(21-18-13)12-17-11-14-4-2-3-5-16(14)19-6-8-20-9-7-19/h2-5,10,17H,6-9,11-12H2,1H3. The Kier molecular flexibility index (Phi) is 4.52.